The number of aromatic nitrogens is 4. The van der Waals surface area contributed by atoms with Crippen LogP contribution in [0.2, 0.25) is 0 Å². The number of piperazine rings is 1. The van der Waals surface area contributed by atoms with E-state index >= 15 is 4.39 Å². The van der Waals surface area contributed by atoms with Crippen molar-refractivity contribution in [1.29, 1.82) is 0 Å². The Kier molecular flexibility index (Phi) is 8.08. The first-order chi connectivity index (χ1) is 19.4. The van der Waals surface area contributed by atoms with Crippen LogP contribution in [0.25, 0.3) is 16.7 Å². The Bertz CT molecular complexity index is 1600. The predicted molar refractivity (Wildman–Crippen MR) is 152 cm³/mol. The lowest BCUT2D eigenvalue weighted by Crippen LogP contribution is -2.47. The fraction of sp³-hybridized carbons (Fsp3) is 0.250. The monoisotopic (exact) mass is 544 g/mol. The van der Waals surface area contributed by atoms with Crippen molar-refractivity contribution in [2.45, 2.75) is 0 Å². The van der Waals surface area contributed by atoms with Gasteiger partial charge >= 0.3 is 0 Å². The maximum atomic E-state index is 15.2. The summed E-state index contributed by atoms with van der Waals surface area (Å²) < 4.78 is 21.9. The summed E-state index contributed by atoms with van der Waals surface area (Å²) in [6.07, 6.45) is 3.87. The molecule has 206 valence electrons. The van der Waals surface area contributed by atoms with Crippen molar-refractivity contribution in [3.05, 3.63) is 83.8 Å². The van der Waals surface area contributed by atoms with E-state index in [-0.39, 0.29) is 28.6 Å². The minimum atomic E-state index is -0.494. The van der Waals surface area contributed by atoms with Gasteiger partial charge in [0.15, 0.2) is 5.65 Å². The molecule has 0 spiro atoms. The Morgan fingerprint density at radius 1 is 1.12 bits per heavy atom. The molecular weight excluding hydrogens is 515 g/mol. The molecule has 2 aromatic carbocycles. The van der Waals surface area contributed by atoms with Crippen molar-refractivity contribution in [3.8, 4) is 5.69 Å². The Hall–Kier alpha value is -4.68. The van der Waals surface area contributed by atoms with Crippen LogP contribution in [0.3, 0.4) is 0 Å². The number of hydrogen-bond acceptors (Lipinski definition) is 9. The summed E-state index contributed by atoms with van der Waals surface area (Å²) in [6.45, 7) is 8.40. The summed E-state index contributed by atoms with van der Waals surface area (Å²) in [5.41, 5.74) is 1.91. The number of rotatable bonds is 9. The van der Waals surface area contributed by atoms with Crippen molar-refractivity contribution in [1.82, 2.24) is 24.4 Å². The summed E-state index contributed by atoms with van der Waals surface area (Å²) in [4.78, 5) is 41.3. The number of nitrogens with one attached hydrogen (secondary N) is 2. The summed E-state index contributed by atoms with van der Waals surface area (Å²) in [5, 5.41) is 5.81. The van der Waals surface area contributed by atoms with Crippen molar-refractivity contribution in [2.75, 3.05) is 62.0 Å². The maximum absolute atomic E-state index is 15.2. The van der Waals surface area contributed by atoms with E-state index in [4.69, 9.17) is 4.74 Å². The fourth-order valence-corrected chi connectivity index (χ4v) is 4.49. The summed E-state index contributed by atoms with van der Waals surface area (Å²) >= 11 is 0. The standard InChI is InChI=1S/C28H29FN8O3/c1-3-25(38)32-19-5-4-6-21(15-19)37-18-31-27(39)22-17-30-28(34-26(22)37)33-24-8-7-20(16-23(24)29)36-11-9-35(10-12-36)13-14-40-2/h3-8,15-18H,1,9-14H2,2H3,(H,32,38)(H,30,33,34). The second kappa shape index (κ2) is 12.0. The molecule has 4 aromatic rings. The molecule has 0 radical (unpaired) electrons. The Morgan fingerprint density at radius 3 is 2.70 bits per heavy atom. The molecular formula is C28H29FN8O3. The first-order valence-corrected chi connectivity index (χ1v) is 12.8. The number of halogens is 1. The number of methoxy groups -OCH3 is 1. The molecule has 1 aliphatic rings. The number of nitrogens with zero attached hydrogens (tertiary/aromatic N) is 6. The van der Waals surface area contributed by atoms with Crippen molar-refractivity contribution in [3.63, 3.8) is 0 Å². The molecule has 3 heterocycles. The van der Waals surface area contributed by atoms with Crippen LogP contribution < -0.4 is 21.1 Å². The van der Waals surface area contributed by atoms with Gasteiger partial charge in [-0.2, -0.15) is 9.97 Å². The number of amides is 1. The third-order valence-electron chi connectivity index (χ3n) is 6.64. The quantitative estimate of drug-likeness (QED) is 0.307. The van der Waals surface area contributed by atoms with Crippen LogP contribution in [-0.2, 0) is 9.53 Å². The molecule has 2 N–H and O–H groups in total. The Morgan fingerprint density at radius 2 is 1.95 bits per heavy atom. The van der Waals surface area contributed by atoms with Crippen LogP contribution in [0.4, 0.5) is 27.4 Å². The molecule has 12 heteroatoms. The van der Waals surface area contributed by atoms with Crippen molar-refractivity contribution in [2.24, 2.45) is 0 Å². The lowest BCUT2D eigenvalue weighted by atomic mass is 10.2. The van der Waals surface area contributed by atoms with Crippen LogP contribution >= 0.6 is 0 Å². The average molecular weight is 545 g/mol. The van der Waals surface area contributed by atoms with Crippen LogP contribution in [-0.4, -0.2) is 76.8 Å². The topological polar surface area (TPSA) is 118 Å². The van der Waals surface area contributed by atoms with Gasteiger partial charge in [-0.25, -0.2) is 9.37 Å². The number of ether oxygens (including phenoxy) is 1. The second-order valence-corrected chi connectivity index (χ2v) is 9.20. The predicted octanol–water partition coefficient (Wildman–Crippen LogP) is 2.95. The molecule has 2 aromatic heterocycles. The third-order valence-corrected chi connectivity index (χ3v) is 6.64. The molecule has 1 amide bonds. The smallest absolute Gasteiger partial charge is 0.283 e. The summed E-state index contributed by atoms with van der Waals surface area (Å²) in [6, 6.07) is 12.0. The van der Waals surface area contributed by atoms with Gasteiger partial charge in [-0.15, -0.1) is 0 Å². The Balaban J connectivity index is 1.38. The molecule has 11 nitrogen and oxygen atoms in total. The van der Waals surface area contributed by atoms with Gasteiger partial charge in [0.05, 0.1) is 18.0 Å². The van der Waals surface area contributed by atoms with Gasteiger partial charge in [0.2, 0.25) is 11.9 Å². The minimum Gasteiger partial charge on any atom is -0.383 e. The number of benzene rings is 2. The zero-order valence-electron chi connectivity index (χ0n) is 22.0. The first kappa shape index (κ1) is 26.9. The molecule has 1 saturated heterocycles. The van der Waals surface area contributed by atoms with E-state index in [1.807, 2.05) is 6.07 Å². The van der Waals surface area contributed by atoms with Crippen LogP contribution in [0.5, 0.6) is 0 Å². The second-order valence-electron chi connectivity index (χ2n) is 9.20. The molecule has 40 heavy (non-hydrogen) atoms. The SMILES string of the molecule is C=CC(=O)Nc1cccc(-n2cnc(=O)c3cnc(Nc4ccc(N5CCN(CCOC)CC5)cc4F)nc32)c1. The summed E-state index contributed by atoms with van der Waals surface area (Å²) in [7, 11) is 1.69. The zero-order chi connectivity index (χ0) is 28.1. The van der Waals surface area contributed by atoms with Gasteiger partial charge in [0, 0.05) is 57.4 Å². The van der Waals surface area contributed by atoms with Crippen molar-refractivity contribution >= 4 is 40.0 Å². The van der Waals surface area contributed by atoms with E-state index in [0.29, 0.717) is 18.0 Å². The molecule has 0 unspecified atom stereocenters. The van der Waals surface area contributed by atoms with E-state index in [9.17, 15) is 9.59 Å². The van der Waals surface area contributed by atoms with Gasteiger partial charge in [-0.05, 0) is 42.5 Å². The number of anilines is 4. The van der Waals surface area contributed by atoms with Crippen molar-refractivity contribution < 1.29 is 13.9 Å². The first-order valence-electron chi connectivity index (χ1n) is 12.8. The van der Waals surface area contributed by atoms with Gasteiger partial charge in [0.25, 0.3) is 5.56 Å². The number of carbonyl (C=O) groups is 1. The van der Waals surface area contributed by atoms with E-state index in [1.165, 1.54) is 24.7 Å². The molecule has 1 aliphatic heterocycles. The molecule has 0 aliphatic carbocycles. The highest BCUT2D eigenvalue weighted by molar-refractivity contribution is 5.99. The number of fused-ring (bicyclic) bond motifs is 1. The van der Waals surface area contributed by atoms with Crippen LogP contribution in [0, 0.1) is 5.82 Å². The van der Waals surface area contributed by atoms with Crippen LogP contribution in [0.15, 0.2) is 72.4 Å². The number of hydrogen-bond donors (Lipinski definition) is 2. The lowest BCUT2D eigenvalue weighted by Gasteiger charge is -2.36. The minimum absolute atomic E-state index is 0.112. The molecule has 0 atom stereocenters. The van der Waals surface area contributed by atoms with E-state index in [1.54, 1.807) is 42.0 Å². The normalized spacial score (nSPS) is 13.8. The van der Waals surface area contributed by atoms with Crippen LogP contribution in [0.1, 0.15) is 0 Å². The lowest BCUT2D eigenvalue weighted by molar-refractivity contribution is -0.111. The molecule has 1 fully saturated rings. The highest BCUT2D eigenvalue weighted by Crippen LogP contribution is 2.26. The average Bonchev–Trinajstić information content (AvgIpc) is 2.97. The van der Waals surface area contributed by atoms with Gasteiger partial charge in [-0.1, -0.05) is 12.6 Å². The zero-order valence-corrected chi connectivity index (χ0v) is 22.0. The van der Waals surface area contributed by atoms with E-state index < -0.39 is 11.4 Å². The van der Waals surface area contributed by atoms with E-state index in [0.717, 1.165) is 38.4 Å². The molecule has 5 rings (SSSR count). The highest BCUT2D eigenvalue weighted by Gasteiger charge is 2.18. The van der Waals surface area contributed by atoms with Gasteiger partial charge in [0.1, 0.15) is 17.5 Å². The maximum Gasteiger partial charge on any atom is 0.283 e. The van der Waals surface area contributed by atoms with E-state index in [2.05, 4.69) is 42.0 Å². The fourth-order valence-electron chi connectivity index (χ4n) is 4.49. The largest absolute Gasteiger partial charge is 0.383 e. The summed E-state index contributed by atoms with van der Waals surface area (Å²) in [5.74, 6) is -0.687. The Labute approximate surface area is 229 Å². The van der Waals surface area contributed by atoms with Gasteiger partial charge < -0.3 is 20.3 Å². The number of carbonyl (C=O) groups excluding carboxylic acids is 1. The molecule has 0 bridgehead atoms. The third kappa shape index (κ3) is 5.98. The van der Waals surface area contributed by atoms with Gasteiger partial charge in [-0.3, -0.25) is 19.1 Å². The molecule has 0 saturated carbocycles. The highest BCUT2D eigenvalue weighted by atomic mass is 19.1.